The van der Waals surface area contributed by atoms with Crippen LogP contribution in [0.2, 0.25) is 0 Å². The molecular weight excluding hydrogens is 206 g/mol. The highest BCUT2D eigenvalue weighted by molar-refractivity contribution is 5.57. The molecule has 0 aliphatic rings. The van der Waals surface area contributed by atoms with Gasteiger partial charge in [-0.3, -0.25) is 0 Å². The average molecular weight is 225 g/mol. The molecule has 0 saturated heterocycles. The van der Waals surface area contributed by atoms with Gasteiger partial charge in [-0.25, -0.2) is 0 Å². The van der Waals surface area contributed by atoms with Crippen LogP contribution in [0.3, 0.4) is 0 Å². The molecule has 0 fully saturated rings. The van der Waals surface area contributed by atoms with Gasteiger partial charge in [0.15, 0.2) is 0 Å². The Labute approximate surface area is 96.2 Å². The van der Waals surface area contributed by atoms with Gasteiger partial charge >= 0.3 is 0 Å². The second kappa shape index (κ2) is 7.09. The lowest BCUT2D eigenvalue weighted by molar-refractivity contribution is 0.172. The number of hydrogen-bond donors (Lipinski definition) is 2. The fraction of sp³-hybridized carbons (Fsp3) is 0.500. The van der Waals surface area contributed by atoms with Crippen LogP contribution < -0.4 is 10.1 Å². The third-order valence-corrected chi connectivity index (χ3v) is 2.25. The molecule has 1 rings (SSSR count). The Balaban J connectivity index is 2.60. The molecule has 2 N–H and O–H groups in total. The molecule has 0 heterocycles. The topological polar surface area (TPSA) is 50.7 Å². The van der Waals surface area contributed by atoms with E-state index in [1.807, 2.05) is 25.2 Å². The van der Waals surface area contributed by atoms with Crippen molar-refractivity contribution in [2.45, 2.75) is 13.0 Å². The lowest BCUT2D eigenvalue weighted by atomic mass is 10.2. The van der Waals surface area contributed by atoms with E-state index < -0.39 is 0 Å². The molecule has 4 nitrogen and oxygen atoms in total. The van der Waals surface area contributed by atoms with E-state index in [-0.39, 0.29) is 6.61 Å². The third-order valence-electron chi connectivity index (χ3n) is 2.25. The van der Waals surface area contributed by atoms with E-state index in [0.29, 0.717) is 13.2 Å². The molecule has 0 aliphatic heterocycles. The molecule has 0 atom stereocenters. The number of rotatable bonds is 7. The van der Waals surface area contributed by atoms with Gasteiger partial charge in [0.2, 0.25) is 0 Å². The summed E-state index contributed by atoms with van der Waals surface area (Å²) in [6, 6.07) is 5.61. The lowest BCUT2D eigenvalue weighted by Crippen LogP contribution is -2.04. The average Bonchev–Trinajstić information content (AvgIpc) is 2.34. The number of aliphatic hydroxyl groups excluding tert-OH is 1. The van der Waals surface area contributed by atoms with Gasteiger partial charge in [0.05, 0.1) is 18.9 Å². The summed E-state index contributed by atoms with van der Waals surface area (Å²) >= 11 is 0. The van der Waals surface area contributed by atoms with Crippen molar-refractivity contribution in [1.29, 1.82) is 0 Å². The molecule has 0 spiro atoms. The van der Waals surface area contributed by atoms with E-state index in [4.69, 9.17) is 14.6 Å². The van der Waals surface area contributed by atoms with Gasteiger partial charge in [-0.2, -0.15) is 0 Å². The monoisotopic (exact) mass is 225 g/mol. The Kier molecular flexibility index (Phi) is 5.67. The van der Waals surface area contributed by atoms with Crippen molar-refractivity contribution >= 4 is 5.69 Å². The van der Waals surface area contributed by atoms with Gasteiger partial charge in [-0.1, -0.05) is 6.07 Å². The summed E-state index contributed by atoms with van der Waals surface area (Å²) in [5.41, 5.74) is 1.77. The minimum atomic E-state index is 0.0262. The molecule has 0 saturated carbocycles. The molecule has 0 unspecified atom stereocenters. The van der Waals surface area contributed by atoms with Gasteiger partial charge in [0.1, 0.15) is 5.75 Å². The van der Waals surface area contributed by atoms with Crippen molar-refractivity contribution in [3.8, 4) is 5.75 Å². The fourth-order valence-corrected chi connectivity index (χ4v) is 1.38. The van der Waals surface area contributed by atoms with Gasteiger partial charge in [-0.05, 0) is 17.7 Å². The van der Waals surface area contributed by atoms with Gasteiger partial charge in [0, 0.05) is 27.2 Å². The summed E-state index contributed by atoms with van der Waals surface area (Å²) in [4.78, 5) is 0. The second-order valence-corrected chi connectivity index (χ2v) is 3.43. The van der Waals surface area contributed by atoms with Crippen molar-refractivity contribution in [3.05, 3.63) is 23.8 Å². The summed E-state index contributed by atoms with van der Waals surface area (Å²) in [7, 11) is 3.52. The maximum atomic E-state index is 9.04. The second-order valence-electron chi connectivity index (χ2n) is 3.43. The molecular formula is C12H19NO3. The van der Waals surface area contributed by atoms with Gasteiger partial charge in [-0.15, -0.1) is 0 Å². The first-order valence-electron chi connectivity index (χ1n) is 5.35. The van der Waals surface area contributed by atoms with Crippen molar-refractivity contribution in [2.75, 3.05) is 32.7 Å². The van der Waals surface area contributed by atoms with Crippen LogP contribution in [0, 0.1) is 0 Å². The van der Waals surface area contributed by atoms with E-state index in [0.717, 1.165) is 23.4 Å². The predicted octanol–water partition coefficient (Wildman–Crippen LogP) is 1.64. The Morgan fingerprint density at radius 1 is 1.31 bits per heavy atom. The standard InChI is InChI=1S/C12H19NO3/c1-13-11-5-4-10(9-14)8-12(11)16-7-3-6-15-2/h4-5,8,13-14H,3,6-7,9H2,1-2H3. The summed E-state index contributed by atoms with van der Waals surface area (Å²) in [6.45, 7) is 1.32. The van der Waals surface area contributed by atoms with E-state index >= 15 is 0 Å². The van der Waals surface area contributed by atoms with E-state index in [9.17, 15) is 0 Å². The fourth-order valence-electron chi connectivity index (χ4n) is 1.38. The van der Waals surface area contributed by atoms with Crippen LogP contribution in [0.25, 0.3) is 0 Å². The van der Waals surface area contributed by atoms with Crippen molar-refractivity contribution < 1.29 is 14.6 Å². The Morgan fingerprint density at radius 3 is 2.75 bits per heavy atom. The Morgan fingerprint density at radius 2 is 2.12 bits per heavy atom. The highest BCUT2D eigenvalue weighted by Gasteiger charge is 2.03. The molecule has 16 heavy (non-hydrogen) atoms. The zero-order valence-electron chi connectivity index (χ0n) is 9.82. The molecule has 4 heteroatoms. The Hall–Kier alpha value is -1.26. The summed E-state index contributed by atoms with van der Waals surface area (Å²) in [6.07, 6.45) is 0.850. The minimum absolute atomic E-state index is 0.0262. The van der Waals surface area contributed by atoms with Gasteiger partial charge < -0.3 is 19.9 Å². The zero-order chi connectivity index (χ0) is 11.8. The number of aliphatic hydroxyl groups is 1. The first-order chi connectivity index (χ1) is 7.81. The van der Waals surface area contributed by atoms with Crippen molar-refractivity contribution in [3.63, 3.8) is 0 Å². The van der Waals surface area contributed by atoms with Crippen LogP contribution in [-0.4, -0.2) is 32.5 Å². The van der Waals surface area contributed by atoms with Crippen LogP contribution >= 0.6 is 0 Å². The molecule has 90 valence electrons. The van der Waals surface area contributed by atoms with E-state index in [1.54, 1.807) is 7.11 Å². The quantitative estimate of drug-likeness (QED) is 0.693. The highest BCUT2D eigenvalue weighted by Crippen LogP contribution is 2.25. The van der Waals surface area contributed by atoms with Crippen LogP contribution in [0.15, 0.2) is 18.2 Å². The molecule has 1 aromatic carbocycles. The maximum absolute atomic E-state index is 9.04. The van der Waals surface area contributed by atoms with Crippen molar-refractivity contribution in [1.82, 2.24) is 0 Å². The van der Waals surface area contributed by atoms with Crippen LogP contribution in [0.4, 0.5) is 5.69 Å². The zero-order valence-corrected chi connectivity index (χ0v) is 9.82. The molecule has 0 radical (unpaired) electrons. The number of nitrogens with one attached hydrogen (secondary N) is 1. The first-order valence-corrected chi connectivity index (χ1v) is 5.35. The minimum Gasteiger partial charge on any atom is -0.491 e. The summed E-state index contributed by atoms with van der Waals surface area (Å²) < 4.78 is 10.6. The predicted molar refractivity (Wildman–Crippen MR) is 63.9 cm³/mol. The van der Waals surface area contributed by atoms with Crippen LogP contribution in [0.1, 0.15) is 12.0 Å². The highest BCUT2D eigenvalue weighted by atomic mass is 16.5. The number of ether oxygens (including phenoxy) is 2. The van der Waals surface area contributed by atoms with Gasteiger partial charge in [0.25, 0.3) is 0 Å². The summed E-state index contributed by atoms with van der Waals surface area (Å²) in [5.74, 6) is 0.769. The first kappa shape index (κ1) is 12.8. The van der Waals surface area contributed by atoms with Crippen LogP contribution in [-0.2, 0) is 11.3 Å². The van der Waals surface area contributed by atoms with Crippen LogP contribution in [0.5, 0.6) is 5.75 Å². The SMILES string of the molecule is CNc1ccc(CO)cc1OCCCOC. The molecule has 0 bridgehead atoms. The molecule has 0 aromatic heterocycles. The molecule has 1 aromatic rings. The molecule has 0 aliphatic carbocycles. The largest absolute Gasteiger partial charge is 0.491 e. The summed E-state index contributed by atoms with van der Waals surface area (Å²) in [5, 5.41) is 12.1. The number of hydrogen-bond acceptors (Lipinski definition) is 4. The lowest BCUT2D eigenvalue weighted by Gasteiger charge is -2.12. The number of anilines is 1. The third kappa shape index (κ3) is 3.72. The number of methoxy groups -OCH3 is 1. The van der Waals surface area contributed by atoms with Crippen molar-refractivity contribution in [2.24, 2.45) is 0 Å². The van der Waals surface area contributed by atoms with E-state index in [2.05, 4.69) is 5.32 Å². The maximum Gasteiger partial charge on any atom is 0.142 e. The smallest absolute Gasteiger partial charge is 0.142 e. The normalized spacial score (nSPS) is 10.2. The molecule has 0 amide bonds. The van der Waals surface area contributed by atoms with E-state index in [1.165, 1.54) is 0 Å². The Bertz CT molecular complexity index is 315. The number of benzene rings is 1.